The highest BCUT2D eigenvalue weighted by molar-refractivity contribution is 7.29. The smallest absolute Gasteiger partial charge is 0.338 e. The van der Waals surface area contributed by atoms with Gasteiger partial charge in [-0.15, -0.1) is 21.6 Å². The summed E-state index contributed by atoms with van der Waals surface area (Å²) < 4.78 is 10.9. The van der Waals surface area contributed by atoms with Crippen LogP contribution in [0.5, 0.6) is 0 Å². The second kappa shape index (κ2) is 14.5. The number of fused-ring (bicyclic) bond motifs is 2. The zero-order valence-electron chi connectivity index (χ0n) is 24.4. The quantitative estimate of drug-likeness (QED) is 0.0502. The first-order valence-electron chi connectivity index (χ1n) is 14.0. The fourth-order valence-electron chi connectivity index (χ4n) is 4.28. The van der Waals surface area contributed by atoms with E-state index in [1.54, 1.807) is 42.5 Å². The van der Waals surface area contributed by atoms with E-state index in [4.69, 9.17) is 9.47 Å². The molecule has 10 nitrogen and oxygen atoms in total. The third-order valence-electron chi connectivity index (χ3n) is 6.60. The fraction of sp³-hybridized carbons (Fsp3) is 0.182. The molecule has 0 aliphatic heterocycles. The van der Waals surface area contributed by atoms with Gasteiger partial charge in [0.25, 0.3) is 5.91 Å². The SMILES string of the molecule is CCCCCOC(=O)c1ccc(NC(=O)/C(C#N)=C/c2cc3sc(N=Nc4ccc5cc(C(=O)OC)ccc5c4)nc3s2)cc1. The number of nitriles is 1. The van der Waals surface area contributed by atoms with Crippen LogP contribution in [0, 0.1) is 11.3 Å². The Hall–Kier alpha value is -5.25. The maximum absolute atomic E-state index is 12.8. The minimum Gasteiger partial charge on any atom is -0.465 e. The lowest BCUT2D eigenvalue weighted by atomic mass is 10.1. The van der Waals surface area contributed by atoms with Crippen molar-refractivity contribution in [3.05, 3.63) is 88.3 Å². The molecule has 226 valence electrons. The molecule has 0 saturated heterocycles. The van der Waals surface area contributed by atoms with Crippen LogP contribution in [-0.4, -0.2) is 36.5 Å². The third kappa shape index (κ3) is 7.83. The number of esters is 2. The predicted octanol–water partition coefficient (Wildman–Crippen LogP) is 8.61. The zero-order valence-corrected chi connectivity index (χ0v) is 26.0. The summed E-state index contributed by atoms with van der Waals surface area (Å²) in [6.45, 7) is 2.45. The molecule has 0 spiro atoms. The zero-order chi connectivity index (χ0) is 31.8. The molecule has 1 N–H and O–H groups in total. The normalized spacial score (nSPS) is 11.5. The Balaban J connectivity index is 1.21. The number of hydrogen-bond acceptors (Lipinski definition) is 11. The molecule has 2 heterocycles. The number of ether oxygens (including phenoxy) is 2. The second-order valence-electron chi connectivity index (χ2n) is 9.80. The summed E-state index contributed by atoms with van der Waals surface area (Å²) in [5, 5.41) is 23.2. The van der Waals surface area contributed by atoms with Gasteiger partial charge in [-0.2, -0.15) is 5.26 Å². The number of carbonyl (C=O) groups excluding carboxylic acids is 3. The number of amides is 1. The molecule has 45 heavy (non-hydrogen) atoms. The van der Waals surface area contributed by atoms with Gasteiger partial charge in [0.2, 0.25) is 5.13 Å². The van der Waals surface area contributed by atoms with Crippen LogP contribution in [0.4, 0.5) is 16.5 Å². The number of nitrogens with zero attached hydrogens (tertiary/aromatic N) is 4. The largest absolute Gasteiger partial charge is 0.465 e. The number of benzene rings is 3. The van der Waals surface area contributed by atoms with E-state index in [0.29, 0.717) is 43.9 Å². The maximum Gasteiger partial charge on any atom is 0.338 e. The average Bonchev–Trinajstić information content (AvgIpc) is 3.62. The minimum absolute atomic E-state index is 0.0711. The number of methoxy groups -OCH3 is 1. The number of carbonyl (C=O) groups is 3. The first-order valence-corrected chi connectivity index (χ1v) is 15.6. The van der Waals surface area contributed by atoms with E-state index >= 15 is 0 Å². The number of unbranched alkanes of at least 4 members (excludes halogenated alkanes) is 2. The highest BCUT2D eigenvalue weighted by Crippen LogP contribution is 2.36. The standard InChI is InChI=1S/C33H27N5O5S2/c1-3-4-5-14-43-32(41)20-8-11-25(12-9-20)35-29(39)24(19-34)17-27-18-28-30(44-27)36-33(45-28)38-37-26-13-10-21-15-23(31(40)42-2)7-6-22(21)16-26/h6-13,15-18H,3-5,14H2,1-2H3,(H,35,39)/b24-17+,38-37?. The van der Waals surface area contributed by atoms with Crippen LogP contribution in [0.2, 0.25) is 0 Å². The van der Waals surface area contributed by atoms with Crippen LogP contribution >= 0.6 is 22.7 Å². The van der Waals surface area contributed by atoms with Gasteiger partial charge in [0, 0.05) is 10.6 Å². The van der Waals surface area contributed by atoms with Gasteiger partial charge in [0.15, 0.2) is 0 Å². The van der Waals surface area contributed by atoms with Gasteiger partial charge in [-0.25, -0.2) is 14.6 Å². The van der Waals surface area contributed by atoms with Gasteiger partial charge in [-0.05, 0) is 77.9 Å². The van der Waals surface area contributed by atoms with Crippen molar-refractivity contribution < 1.29 is 23.9 Å². The predicted molar refractivity (Wildman–Crippen MR) is 175 cm³/mol. The molecule has 0 saturated carbocycles. The van der Waals surface area contributed by atoms with E-state index in [0.717, 1.165) is 34.7 Å². The van der Waals surface area contributed by atoms with Crippen molar-refractivity contribution in [3.63, 3.8) is 0 Å². The Labute approximate surface area is 266 Å². The molecular weight excluding hydrogens is 611 g/mol. The summed E-state index contributed by atoms with van der Waals surface area (Å²) in [7, 11) is 1.35. The average molecular weight is 638 g/mol. The van der Waals surface area contributed by atoms with E-state index in [1.807, 2.05) is 30.3 Å². The molecule has 0 unspecified atom stereocenters. The lowest BCUT2D eigenvalue weighted by Gasteiger charge is -2.07. The molecule has 0 fully saturated rings. The number of azo groups is 1. The van der Waals surface area contributed by atoms with E-state index in [9.17, 15) is 19.6 Å². The number of nitrogens with one attached hydrogen (secondary N) is 1. The molecule has 0 aliphatic carbocycles. The number of anilines is 1. The van der Waals surface area contributed by atoms with E-state index in [-0.39, 0.29) is 5.57 Å². The molecule has 3 aromatic carbocycles. The lowest BCUT2D eigenvalue weighted by Crippen LogP contribution is -2.13. The van der Waals surface area contributed by atoms with Gasteiger partial charge < -0.3 is 14.8 Å². The Morgan fingerprint density at radius 3 is 2.42 bits per heavy atom. The first-order chi connectivity index (χ1) is 21.9. The van der Waals surface area contributed by atoms with Crippen LogP contribution in [0.15, 0.2) is 82.5 Å². The highest BCUT2D eigenvalue weighted by atomic mass is 32.1. The Morgan fingerprint density at radius 2 is 1.69 bits per heavy atom. The summed E-state index contributed by atoms with van der Waals surface area (Å²) in [6, 6.07) is 20.9. The van der Waals surface area contributed by atoms with Crippen molar-refractivity contribution in [2.45, 2.75) is 26.2 Å². The molecular formula is C33H27N5O5S2. The Kier molecular flexibility index (Phi) is 10.0. The summed E-state index contributed by atoms with van der Waals surface area (Å²) in [4.78, 5) is 42.7. The van der Waals surface area contributed by atoms with Crippen molar-refractivity contribution in [3.8, 4) is 6.07 Å². The number of hydrogen-bond donors (Lipinski definition) is 1. The summed E-state index contributed by atoms with van der Waals surface area (Å²) in [5.74, 6) is -1.37. The number of thiazole rings is 1. The Bertz CT molecular complexity index is 1950. The molecule has 5 rings (SSSR count). The molecule has 12 heteroatoms. The van der Waals surface area contributed by atoms with Gasteiger partial charge in [-0.3, -0.25) is 4.79 Å². The van der Waals surface area contributed by atoms with Crippen molar-refractivity contribution >= 4 is 83.4 Å². The monoisotopic (exact) mass is 637 g/mol. The third-order valence-corrected chi connectivity index (χ3v) is 8.60. The molecule has 0 radical (unpaired) electrons. The second-order valence-corrected chi connectivity index (χ2v) is 11.9. The van der Waals surface area contributed by atoms with Gasteiger partial charge in [-0.1, -0.05) is 43.2 Å². The van der Waals surface area contributed by atoms with Crippen molar-refractivity contribution in [2.24, 2.45) is 10.2 Å². The lowest BCUT2D eigenvalue weighted by molar-refractivity contribution is -0.112. The molecule has 0 aliphatic rings. The molecule has 5 aromatic rings. The van der Waals surface area contributed by atoms with Crippen molar-refractivity contribution in [1.29, 1.82) is 5.26 Å². The van der Waals surface area contributed by atoms with Gasteiger partial charge in [0.05, 0.1) is 35.2 Å². The molecule has 0 atom stereocenters. The van der Waals surface area contributed by atoms with Crippen LogP contribution in [0.3, 0.4) is 0 Å². The number of thiophene rings is 1. The van der Waals surface area contributed by atoms with Crippen LogP contribution in [-0.2, 0) is 14.3 Å². The molecule has 2 aromatic heterocycles. The van der Waals surface area contributed by atoms with E-state index in [1.165, 1.54) is 35.9 Å². The van der Waals surface area contributed by atoms with Crippen LogP contribution in [0.1, 0.15) is 51.8 Å². The highest BCUT2D eigenvalue weighted by Gasteiger charge is 2.14. The molecule has 1 amide bonds. The Morgan fingerprint density at radius 1 is 0.933 bits per heavy atom. The van der Waals surface area contributed by atoms with Crippen molar-refractivity contribution in [2.75, 3.05) is 19.0 Å². The maximum atomic E-state index is 12.8. The number of rotatable bonds is 11. The van der Waals surface area contributed by atoms with Gasteiger partial charge in [0.1, 0.15) is 16.5 Å². The summed E-state index contributed by atoms with van der Waals surface area (Å²) in [6.07, 6.45) is 4.37. The minimum atomic E-state index is -0.566. The van der Waals surface area contributed by atoms with E-state index in [2.05, 4.69) is 27.5 Å². The summed E-state index contributed by atoms with van der Waals surface area (Å²) >= 11 is 2.67. The molecule has 0 bridgehead atoms. The summed E-state index contributed by atoms with van der Waals surface area (Å²) in [5.41, 5.74) is 1.88. The van der Waals surface area contributed by atoms with Crippen molar-refractivity contribution in [1.82, 2.24) is 4.98 Å². The fourth-order valence-corrected chi connectivity index (χ4v) is 6.26. The number of aromatic nitrogens is 1. The van der Waals surface area contributed by atoms with Crippen LogP contribution in [0.25, 0.3) is 26.4 Å². The van der Waals surface area contributed by atoms with E-state index < -0.39 is 17.8 Å². The first kappa shape index (κ1) is 31.2. The van der Waals surface area contributed by atoms with Crippen LogP contribution < -0.4 is 5.32 Å². The topological polar surface area (TPSA) is 143 Å². The van der Waals surface area contributed by atoms with Gasteiger partial charge >= 0.3 is 11.9 Å².